The standard InChI is InChI=1S/C13H13NO3/c1-14(7-10-5-3-2-4-6-10)11-8-17-9-12(15)13(11)16/h2-6,8-9,15H,7H2,1H3. The highest BCUT2D eigenvalue weighted by Crippen LogP contribution is 2.13. The van der Waals surface area contributed by atoms with Crippen molar-refractivity contribution in [2.45, 2.75) is 6.54 Å². The first-order valence-corrected chi connectivity index (χ1v) is 5.23. The van der Waals surface area contributed by atoms with Gasteiger partial charge in [0.05, 0.1) is 0 Å². The molecule has 1 aromatic carbocycles. The Balaban J connectivity index is 2.24. The van der Waals surface area contributed by atoms with E-state index in [1.165, 1.54) is 6.26 Å². The molecule has 88 valence electrons. The Morgan fingerprint density at radius 3 is 2.65 bits per heavy atom. The number of anilines is 1. The first-order valence-electron chi connectivity index (χ1n) is 5.23. The zero-order chi connectivity index (χ0) is 12.3. The smallest absolute Gasteiger partial charge is 0.249 e. The van der Waals surface area contributed by atoms with Crippen LogP contribution in [0.4, 0.5) is 5.69 Å². The topological polar surface area (TPSA) is 53.7 Å². The minimum atomic E-state index is -0.422. The van der Waals surface area contributed by atoms with Crippen LogP contribution in [0, 0.1) is 0 Å². The monoisotopic (exact) mass is 231 g/mol. The highest BCUT2D eigenvalue weighted by atomic mass is 16.3. The summed E-state index contributed by atoms with van der Waals surface area (Å²) in [4.78, 5) is 13.4. The predicted molar refractivity (Wildman–Crippen MR) is 65.2 cm³/mol. The van der Waals surface area contributed by atoms with Gasteiger partial charge < -0.3 is 14.4 Å². The summed E-state index contributed by atoms with van der Waals surface area (Å²) in [6.07, 6.45) is 2.37. The molecule has 0 atom stereocenters. The van der Waals surface area contributed by atoms with Gasteiger partial charge in [-0.25, -0.2) is 0 Å². The average molecular weight is 231 g/mol. The Hall–Kier alpha value is -2.23. The van der Waals surface area contributed by atoms with Crippen molar-refractivity contribution in [3.05, 3.63) is 58.6 Å². The highest BCUT2D eigenvalue weighted by Gasteiger charge is 2.10. The molecule has 0 amide bonds. The highest BCUT2D eigenvalue weighted by molar-refractivity contribution is 5.46. The largest absolute Gasteiger partial charge is 0.502 e. The molecule has 4 heteroatoms. The van der Waals surface area contributed by atoms with E-state index >= 15 is 0 Å². The fourth-order valence-corrected chi connectivity index (χ4v) is 1.61. The summed E-state index contributed by atoms with van der Waals surface area (Å²) in [5.41, 5.74) is 1.00. The van der Waals surface area contributed by atoms with Crippen molar-refractivity contribution < 1.29 is 9.52 Å². The summed E-state index contributed by atoms with van der Waals surface area (Å²) in [6, 6.07) is 9.76. The van der Waals surface area contributed by atoms with Gasteiger partial charge in [0.15, 0.2) is 0 Å². The number of aromatic hydroxyl groups is 1. The van der Waals surface area contributed by atoms with Gasteiger partial charge in [0, 0.05) is 13.6 Å². The number of hydrogen-bond acceptors (Lipinski definition) is 4. The van der Waals surface area contributed by atoms with Crippen molar-refractivity contribution in [2.24, 2.45) is 0 Å². The molecule has 0 aliphatic heterocycles. The fraction of sp³-hybridized carbons (Fsp3) is 0.154. The van der Waals surface area contributed by atoms with E-state index in [1.54, 1.807) is 11.9 Å². The second-order valence-corrected chi connectivity index (χ2v) is 3.81. The molecule has 0 aliphatic rings. The van der Waals surface area contributed by atoms with E-state index in [9.17, 15) is 9.90 Å². The van der Waals surface area contributed by atoms with Gasteiger partial charge in [-0.05, 0) is 5.56 Å². The van der Waals surface area contributed by atoms with E-state index in [0.717, 1.165) is 11.8 Å². The Kier molecular flexibility index (Phi) is 3.14. The summed E-state index contributed by atoms with van der Waals surface area (Å²) in [6.45, 7) is 0.578. The molecule has 0 spiro atoms. The van der Waals surface area contributed by atoms with Gasteiger partial charge in [0.25, 0.3) is 0 Å². The molecule has 0 aliphatic carbocycles. The van der Waals surface area contributed by atoms with Gasteiger partial charge in [-0.3, -0.25) is 4.79 Å². The third kappa shape index (κ3) is 2.47. The Labute approximate surface area is 98.7 Å². The van der Waals surface area contributed by atoms with Crippen LogP contribution >= 0.6 is 0 Å². The molecule has 0 saturated heterocycles. The summed E-state index contributed by atoms with van der Waals surface area (Å²) in [7, 11) is 1.78. The summed E-state index contributed by atoms with van der Waals surface area (Å²) in [5.74, 6) is -0.373. The Morgan fingerprint density at radius 2 is 1.94 bits per heavy atom. The maximum atomic E-state index is 11.6. The number of hydrogen-bond donors (Lipinski definition) is 1. The second-order valence-electron chi connectivity index (χ2n) is 3.81. The molecule has 0 saturated carbocycles. The third-order valence-electron chi connectivity index (χ3n) is 2.50. The summed E-state index contributed by atoms with van der Waals surface area (Å²) < 4.78 is 4.89. The van der Waals surface area contributed by atoms with E-state index < -0.39 is 5.43 Å². The second kappa shape index (κ2) is 4.74. The van der Waals surface area contributed by atoms with Crippen molar-refractivity contribution in [1.82, 2.24) is 0 Å². The lowest BCUT2D eigenvalue weighted by Crippen LogP contribution is -2.22. The molecule has 0 radical (unpaired) electrons. The molecule has 1 aromatic heterocycles. The van der Waals surface area contributed by atoms with Crippen LogP contribution in [0.5, 0.6) is 5.75 Å². The Bertz CT molecular complexity index is 548. The SMILES string of the molecule is CN(Cc1ccccc1)c1cocc(O)c1=O. The van der Waals surface area contributed by atoms with Crippen LogP contribution in [0.15, 0.2) is 52.1 Å². The first kappa shape index (κ1) is 11.3. The van der Waals surface area contributed by atoms with Crippen molar-refractivity contribution in [2.75, 3.05) is 11.9 Å². The molecule has 1 heterocycles. The third-order valence-corrected chi connectivity index (χ3v) is 2.50. The van der Waals surface area contributed by atoms with Gasteiger partial charge in [0.2, 0.25) is 11.2 Å². The van der Waals surface area contributed by atoms with Crippen LogP contribution in [0.3, 0.4) is 0 Å². The molecule has 0 fully saturated rings. The molecular formula is C13H13NO3. The molecule has 0 bridgehead atoms. The van der Waals surface area contributed by atoms with Crippen LogP contribution in [-0.2, 0) is 6.54 Å². The predicted octanol–water partition coefficient (Wildman–Crippen LogP) is 1.98. The molecule has 17 heavy (non-hydrogen) atoms. The van der Waals surface area contributed by atoms with Crippen molar-refractivity contribution >= 4 is 5.69 Å². The Morgan fingerprint density at radius 1 is 1.24 bits per heavy atom. The van der Waals surface area contributed by atoms with Gasteiger partial charge in [-0.2, -0.15) is 0 Å². The van der Waals surface area contributed by atoms with Crippen LogP contribution < -0.4 is 10.3 Å². The van der Waals surface area contributed by atoms with E-state index in [-0.39, 0.29) is 5.75 Å². The van der Waals surface area contributed by atoms with E-state index in [1.807, 2.05) is 30.3 Å². The minimum Gasteiger partial charge on any atom is -0.502 e. The summed E-state index contributed by atoms with van der Waals surface area (Å²) in [5, 5.41) is 9.28. The zero-order valence-electron chi connectivity index (χ0n) is 9.46. The lowest BCUT2D eigenvalue weighted by Gasteiger charge is -2.17. The van der Waals surface area contributed by atoms with E-state index in [2.05, 4.69) is 0 Å². The maximum absolute atomic E-state index is 11.6. The quantitative estimate of drug-likeness (QED) is 0.877. The minimum absolute atomic E-state index is 0.342. The maximum Gasteiger partial charge on any atom is 0.249 e. The normalized spacial score (nSPS) is 10.2. The van der Waals surface area contributed by atoms with Crippen LogP contribution in [0.1, 0.15) is 5.56 Å². The lowest BCUT2D eigenvalue weighted by molar-refractivity contribution is 0.429. The molecule has 2 rings (SSSR count). The summed E-state index contributed by atoms with van der Waals surface area (Å²) >= 11 is 0. The average Bonchev–Trinajstić information content (AvgIpc) is 2.34. The van der Waals surface area contributed by atoms with Crippen LogP contribution in [-0.4, -0.2) is 12.2 Å². The van der Waals surface area contributed by atoms with Crippen LogP contribution in [0.2, 0.25) is 0 Å². The zero-order valence-corrected chi connectivity index (χ0v) is 9.46. The van der Waals surface area contributed by atoms with Crippen molar-refractivity contribution in [3.63, 3.8) is 0 Å². The molecule has 1 N–H and O–H groups in total. The number of nitrogens with zero attached hydrogens (tertiary/aromatic N) is 1. The molecular weight excluding hydrogens is 218 g/mol. The van der Waals surface area contributed by atoms with Crippen molar-refractivity contribution in [1.29, 1.82) is 0 Å². The van der Waals surface area contributed by atoms with Gasteiger partial charge in [-0.1, -0.05) is 30.3 Å². The van der Waals surface area contributed by atoms with Crippen molar-refractivity contribution in [3.8, 4) is 5.75 Å². The van der Waals surface area contributed by atoms with Crippen LogP contribution in [0.25, 0.3) is 0 Å². The van der Waals surface area contributed by atoms with Gasteiger partial charge in [-0.15, -0.1) is 0 Å². The first-order chi connectivity index (χ1) is 8.18. The van der Waals surface area contributed by atoms with Gasteiger partial charge in [0.1, 0.15) is 18.2 Å². The lowest BCUT2D eigenvalue weighted by atomic mass is 10.2. The molecule has 4 nitrogen and oxygen atoms in total. The molecule has 0 unspecified atom stereocenters. The van der Waals surface area contributed by atoms with E-state index in [4.69, 9.17) is 4.42 Å². The number of rotatable bonds is 3. The van der Waals surface area contributed by atoms with E-state index in [0.29, 0.717) is 12.2 Å². The number of benzene rings is 1. The molecule has 2 aromatic rings. The van der Waals surface area contributed by atoms with Gasteiger partial charge >= 0.3 is 0 Å². The fourth-order valence-electron chi connectivity index (χ4n) is 1.61.